The smallest absolute Gasteiger partial charge is 0.309 e. The van der Waals surface area contributed by atoms with Crippen LogP contribution in [-0.2, 0) is 16.1 Å². The number of aryl methyl sites for hydroxylation is 1. The van der Waals surface area contributed by atoms with Crippen molar-refractivity contribution >= 4 is 11.9 Å². The highest BCUT2D eigenvalue weighted by molar-refractivity contribution is 5.88. The van der Waals surface area contributed by atoms with Crippen LogP contribution in [0, 0.1) is 12.8 Å². The maximum absolute atomic E-state index is 12.0. The van der Waals surface area contributed by atoms with Crippen molar-refractivity contribution in [1.82, 2.24) is 15.0 Å². The van der Waals surface area contributed by atoms with E-state index in [-0.39, 0.29) is 12.3 Å². The molecule has 1 N–H and O–H groups in total. The quantitative estimate of drug-likeness (QED) is 0.892. The van der Waals surface area contributed by atoms with E-state index >= 15 is 0 Å². The van der Waals surface area contributed by atoms with Gasteiger partial charge < -0.3 is 14.5 Å². The molecule has 2 aliphatic heterocycles. The van der Waals surface area contributed by atoms with Gasteiger partial charge in [0.25, 0.3) is 0 Å². The van der Waals surface area contributed by atoms with E-state index in [1.54, 1.807) is 11.9 Å². The number of carboxylic acids is 1. The van der Waals surface area contributed by atoms with Crippen LogP contribution in [0.5, 0.6) is 0 Å². The van der Waals surface area contributed by atoms with Crippen molar-refractivity contribution in [3.05, 3.63) is 17.5 Å². The molecule has 2 fully saturated rings. The summed E-state index contributed by atoms with van der Waals surface area (Å²) in [6, 6.07) is 1.91. The zero-order chi connectivity index (χ0) is 15.9. The molecule has 1 spiro atoms. The number of aliphatic carboxylic acids is 1. The fourth-order valence-corrected chi connectivity index (χ4v) is 3.79. The molecule has 7 heteroatoms. The van der Waals surface area contributed by atoms with E-state index < -0.39 is 17.4 Å². The van der Waals surface area contributed by atoms with Crippen LogP contribution in [-0.4, -0.2) is 57.6 Å². The molecule has 1 aromatic rings. The first kappa shape index (κ1) is 15.0. The Morgan fingerprint density at radius 1 is 1.50 bits per heavy atom. The summed E-state index contributed by atoms with van der Waals surface area (Å²) in [6.45, 7) is 4.06. The molecule has 3 rings (SSSR count). The topological polar surface area (TPSA) is 86.9 Å². The summed E-state index contributed by atoms with van der Waals surface area (Å²) in [4.78, 5) is 27.4. The molecule has 2 aliphatic rings. The molecule has 22 heavy (non-hydrogen) atoms. The first-order chi connectivity index (χ1) is 10.4. The predicted molar refractivity (Wildman–Crippen MR) is 77.0 cm³/mol. The maximum atomic E-state index is 12.0. The lowest BCUT2D eigenvalue weighted by molar-refractivity contribution is -0.146. The standard InChI is InChI=1S/C15H21N3O4/c1-10-7-11(22-16-10)9-18-5-3-15(4-6-18)12(14(20)21)8-13(19)17(15)2/h7,12H,3-6,8-9H2,1-2H3,(H,20,21). The van der Waals surface area contributed by atoms with E-state index in [0.29, 0.717) is 19.4 Å². The van der Waals surface area contributed by atoms with Gasteiger partial charge >= 0.3 is 5.97 Å². The van der Waals surface area contributed by atoms with E-state index in [4.69, 9.17) is 4.52 Å². The monoisotopic (exact) mass is 307 g/mol. The van der Waals surface area contributed by atoms with E-state index in [9.17, 15) is 14.7 Å². The molecule has 1 atom stereocenters. The molecule has 0 bridgehead atoms. The number of carbonyl (C=O) groups excluding carboxylic acids is 1. The van der Waals surface area contributed by atoms with Gasteiger partial charge in [-0.1, -0.05) is 5.16 Å². The second-order valence-electron chi connectivity index (χ2n) is 6.36. The second-order valence-corrected chi connectivity index (χ2v) is 6.36. The molecule has 7 nitrogen and oxygen atoms in total. The van der Waals surface area contributed by atoms with Gasteiger partial charge in [-0.3, -0.25) is 14.5 Å². The fraction of sp³-hybridized carbons (Fsp3) is 0.667. The van der Waals surface area contributed by atoms with Crippen molar-refractivity contribution in [2.75, 3.05) is 20.1 Å². The van der Waals surface area contributed by atoms with Crippen molar-refractivity contribution in [3.8, 4) is 0 Å². The largest absolute Gasteiger partial charge is 0.481 e. The minimum atomic E-state index is -0.864. The number of amides is 1. The Morgan fingerprint density at radius 3 is 2.73 bits per heavy atom. The second kappa shape index (κ2) is 5.39. The third-order valence-electron chi connectivity index (χ3n) is 5.15. The van der Waals surface area contributed by atoms with Crippen LogP contribution in [0.3, 0.4) is 0 Å². The average molecular weight is 307 g/mol. The Kier molecular flexibility index (Phi) is 3.68. The van der Waals surface area contributed by atoms with Gasteiger partial charge in [-0.25, -0.2) is 0 Å². The normalized spacial score (nSPS) is 25.1. The number of hydrogen-bond donors (Lipinski definition) is 1. The summed E-state index contributed by atoms with van der Waals surface area (Å²) in [6.07, 6.45) is 1.48. The van der Waals surface area contributed by atoms with E-state index in [0.717, 1.165) is 24.5 Å². The minimum absolute atomic E-state index is 0.0632. The Labute approximate surface area is 128 Å². The number of piperidine rings is 1. The lowest BCUT2D eigenvalue weighted by atomic mass is 9.77. The summed E-state index contributed by atoms with van der Waals surface area (Å²) in [7, 11) is 1.74. The van der Waals surface area contributed by atoms with Crippen LogP contribution in [0.4, 0.5) is 0 Å². The van der Waals surface area contributed by atoms with Gasteiger partial charge in [0.05, 0.1) is 23.7 Å². The summed E-state index contributed by atoms with van der Waals surface area (Å²) < 4.78 is 5.23. The van der Waals surface area contributed by atoms with Gasteiger partial charge in [0, 0.05) is 32.6 Å². The maximum Gasteiger partial charge on any atom is 0.309 e. The van der Waals surface area contributed by atoms with Crippen LogP contribution < -0.4 is 0 Å². The zero-order valence-corrected chi connectivity index (χ0v) is 12.9. The Bertz CT molecular complexity index is 589. The summed E-state index contributed by atoms with van der Waals surface area (Å²) in [5, 5.41) is 13.3. The highest BCUT2D eigenvalue weighted by Crippen LogP contribution is 2.42. The minimum Gasteiger partial charge on any atom is -0.481 e. The number of carbonyl (C=O) groups is 2. The Balaban J connectivity index is 1.69. The molecule has 0 saturated carbocycles. The number of aromatic nitrogens is 1. The van der Waals surface area contributed by atoms with Crippen molar-refractivity contribution < 1.29 is 19.2 Å². The molecule has 0 aromatic carbocycles. The van der Waals surface area contributed by atoms with Gasteiger partial charge in [0.2, 0.25) is 5.91 Å². The Hall–Kier alpha value is -1.89. The molecule has 1 amide bonds. The highest BCUT2D eigenvalue weighted by Gasteiger charge is 2.55. The average Bonchev–Trinajstić information content (AvgIpc) is 2.99. The number of carboxylic acid groups (broad SMARTS) is 1. The third-order valence-corrected chi connectivity index (χ3v) is 5.15. The number of hydrogen-bond acceptors (Lipinski definition) is 5. The first-order valence-electron chi connectivity index (χ1n) is 7.56. The van der Waals surface area contributed by atoms with Crippen molar-refractivity contribution in [3.63, 3.8) is 0 Å². The molecule has 3 heterocycles. The van der Waals surface area contributed by atoms with Gasteiger partial charge in [0.15, 0.2) is 5.76 Å². The summed E-state index contributed by atoms with van der Waals surface area (Å²) >= 11 is 0. The van der Waals surface area contributed by atoms with Gasteiger partial charge in [0.1, 0.15) is 0 Å². The van der Waals surface area contributed by atoms with Crippen LogP contribution in [0.25, 0.3) is 0 Å². The SMILES string of the molecule is Cc1cc(CN2CCC3(CC2)C(C(=O)O)CC(=O)N3C)on1. The van der Waals surface area contributed by atoms with E-state index in [1.165, 1.54) is 0 Å². The molecular weight excluding hydrogens is 286 g/mol. The van der Waals surface area contributed by atoms with E-state index in [2.05, 4.69) is 10.1 Å². The lowest BCUT2D eigenvalue weighted by Gasteiger charge is -2.45. The van der Waals surface area contributed by atoms with Crippen LogP contribution in [0.1, 0.15) is 30.7 Å². The molecular formula is C15H21N3O4. The summed E-state index contributed by atoms with van der Waals surface area (Å²) in [5.74, 6) is -0.706. The van der Waals surface area contributed by atoms with Gasteiger partial charge in [-0.15, -0.1) is 0 Å². The van der Waals surface area contributed by atoms with Crippen molar-refractivity contribution in [2.24, 2.45) is 5.92 Å². The number of nitrogens with zero attached hydrogens (tertiary/aromatic N) is 3. The fourth-order valence-electron chi connectivity index (χ4n) is 3.79. The van der Waals surface area contributed by atoms with Gasteiger partial charge in [-0.05, 0) is 19.8 Å². The van der Waals surface area contributed by atoms with Crippen LogP contribution >= 0.6 is 0 Å². The van der Waals surface area contributed by atoms with Crippen LogP contribution in [0.2, 0.25) is 0 Å². The van der Waals surface area contributed by atoms with E-state index in [1.807, 2.05) is 13.0 Å². The first-order valence-corrected chi connectivity index (χ1v) is 7.56. The van der Waals surface area contributed by atoms with Crippen LogP contribution in [0.15, 0.2) is 10.6 Å². The lowest BCUT2D eigenvalue weighted by Crippen LogP contribution is -2.55. The zero-order valence-electron chi connectivity index (χ0n) is 12.9. The molecule has 120 valence electrons. The Morgan fingerprint density at radius 2 is 2.18 bits per heavy atom. The molecule has 1 unspecified atom stereocenters. The summed E-state index contributed by atoms with van der Waals surface area (Å²) in [5.41, 5.74) is 0.326. The predicted octanol–water partition coefficient (Wildman–Crippen LogP) is 0.881. The molecule has 0 radical (unpaired) electrons. The van der Waals surface area contributed by atoms with Gasteiger partial charge in [-0.2, -0.15) is 0 Å². The third kappa shape index (κ3) is 2.39. The van der Waals surface area contributed by atoms with Crippen molar-refractivity contribution in [1.29, 1.82) is 0 Å². The molecule has 2 saturated heterocycles. The molecule has 1 aromatic heterocycles. The molecule has 0 aliphatic carbocycles. The highest BCUT2D eigenvalue weighted by atomic mass is 16.5. The van der Waals surface area contributed by atoms with Crippen molar-refractivity contribution in [2.45, 2.75) is 38.3 Å². The number of likely N-dealkylation sites (tertiary alicyclic amines) is 2. The number of rotatable bonds is 3.